The predicted octanol–water partition coefficient (Wildman–Crippen LogP) is 6.17. The van der Waals surface area contributed by atoms with Crippen LogP contribution in [-0.2, 0) is 4.79 Å². The summed E-state index contributed by atoms with van der Waals surface area (Å²) in [7, 11) is 0. The van der Waals surface area contributed by atoms with Crippen LogP contribution in [0.2, 0.25) is 0 Å². The summed E-state index contributed by atoms with van der Waals surface area (Å²) in [6.45, 7) is 4.91. The molecule has 0 aliphatic heterocycles. The lowest BCUT2D eigenvalue weighted by atomic mass is 10.0. The largest absolute Gasteiger partial charge is 0.507 e. The average Bonchev–Trinajstić information content (AvgIpc) is 3.61. The molecule has 2 N–H and O–H groups in total. The van der Waals surface area contributed by atoms with Gasteiger partial charge < -0.3 is 9.84 Å². The lowest BCUT2D eigenvalue weighted by Crippen LogP contribution is -2.22. The lowest BCUT2D eigenvalue weighted by Gasteiger charge is -2.11. The fourth-order valence-electron chi connectivity index (χ4n) is 3.99. The number of carbonyl (C=O) groups is 1. The van der Waals surface area contributed by atoms with E-state index in [0.29, 0.717) is 30.1 Å². The molecule has 1 saturated carbocycles. The highest BCUT2D eigenvalue weighted by Crippen LogP contribution is 2.47. The Hall–Kier alpha value is -2.82. The molecule has 2 unspecified atom stereocenters. The minimum Gasteiger partial charge on any atom is -0.507 e. The highest BCUT2D eigenvalue weighted by Gasteiger charge is 2.43. The van der Waals surface area contributed by atoms with Crippen LogP contribution in [0.1, 0.15) is 82.3 Å². The summed E-state index contributed by atoms with van der Waals surface area (Å²) >= 11 is 0. The first kappa shape index (κ1) is 23.8. The number of phenolic OH excluding ortho intramolecular Hbond substituents is 1. The summed E-state index contributed by atoms with van der Waals surface area (Å²) in [4.78, 5) is 12.6. The van der Waals surface area contributed by atoms with Crippen molar-refractivity contribution in [3.63, 3.8) is 0 Å². The molecule has 1 aliphatic rings. The minimum atomic E-state index is -0.0602. The molecule has 5 heteroatoms. The van der Waals surface area contributed by atoms with E-state index < -0.39 is 0 Å². The molecule has 0 aromatic heterocycles. The maximum Gasteiger partial charge on any atom is 0.243 e. The van der Waals surface area contributed by atoms with Gasteiger partial charge in [-0.05, 0) is 42.9 Å². The number of hydrogen-bond acceptors (Lipinski definition) is 4. The molecule has 172 valence electrons. The van der Waals surface area contributed by atoms with Crippen molar-refractivity contribution in [1.82, 2.24) is 5.43 Å². The number of nitrogens with zero attached hydrogens (tertiary/aromatic N) is 1. The molecule has 3 rings (SSSR count). The number of unbranched alkanes of at least 4 members (excludes halogenated alkanes) is 4. The molecule has 5 nitrogen and oxygen atoms in total. The molecule has 0 spiro atoms. The zero-order valence-electron chi connectivity index (χ0n) is 19.3. The van der Waals surface area contributed by atoms with Crippen LogP contribution >= 0.6 is 0 Å². The maximum absolute atomic E-state index is 12.6. The van der Waals surface area contributed by atoms with Gasteiger partial charge in [-0.2, -0.15) is 5.10 Å². The smallest absolute Gasteiger partial charge is 0.243 e. The number of amides is 1. The van der Waals surface area contributed by atoms with Gasteiger partial charge in [0.05, 0.1) is 12.3 Å². The summed E-state index contributed by atoms with van der Waals surface area (Å²) in [5.41, 5.74) is 5.25. The van der Waals surface area contributed by atoms with Crippen LogP contribution in [0.3, 0.4) is 0 Å². The zero-order valence-corrected chi connectivity index (χ0v) is 19.3. The SMILES string of the molecule is CCCCCCCOc1ccc(C(CCC)=NNC(=O)C2CC2c2ccccc2)c(O)c1. The summed E-state index contributed by atoms with van der Waals surface area (Å²) in [6.07, 6.45) is 8.29. The van der Waals surface area contributed by atoms with Gasteiger partial charge in [-0.1, -0.05) is 76.3 Å². The summed E-state index contributed by atoms with van der Waals surface area (Å²) in [5, 5.41) is 14.9. The average molecular weight is 437 g/mol. The van der Waals surface area contributed by atoms with Crippen LogP contribution < -0.4 is 10.2 Å². The third-order valence-electron chi connectivity index (χ3n) is 5.94. The Kier molecular flexibility index (Phi) is 9.14. The molecule has 32 heavy (non-hydrogen) atoms. The van der Waals surface area contributed by atoms with Gasteiger partial charge in [-0.3, -0.25) is 4.79 Å². The van der Waals surface area contributed by atoms with Crippen LogP contribution in [0.15, 0.2) is 53.6 Å². The van der Waals surface area contributed by atoms with Crippen molar-refractivity contribution >= 4 is 11.6 Å². The van der Waals surface area contributed by atoms with Gasteiger partial charge in [-0.25, -0.2) is 5.43 Å². The molecule has 0 radical (unpaired) electrons. The maximum atomic E-state index is 12.6. The van der Waals surface area contributed by atoms with Gasteiger partial charge in [0.1, 0.15) is 11.5 Å². The number of aromatic hydroxyl groups is 1. The lowest BCUT2D eigenvalue weighted by molar-refractivity contribution is -0.122. The molecule has 2 aromatic carbocycles. The molecular formula is C27H36N2O3. The molecule has 1 aliphatic carbocycles. The standard InChI is InChI=1S/C27H36N2O3/c1-3-5-6-7-11-17-32-21-15-16-22(26(30)18-21)25(12-4-2)28-29-27(31)24-19-23(24)20-13-9-8-10-14-20/h8-10,13-16,18,23-24,30H,3-7,11-12,17,19H2,1-2H3,(H,29,31). The fourth-order valence-corrected chi connectivity index (χ4v) is 3.99. The second-order valence-corrected chi connectivity index (χ2v) is 8.59. The Morgan fingerprint density at radius 2 is 1.84 bits per heavy atom. The van der Waals surface area contributed by atoms with Crippen molar-refractivity contribution in [3.8, 4) is 11.5 Å². The van der Waals surface area contributed by atoms with Crippen LogP contribution in [0.25, 0.3) is 0 Å². The second-order valence-electron chi connectivity index (χ2n) is 8.59. The first-order valence-electron chi connectivity index (χ1n) is 12.0. The van der Waals surface area contributed by atoms with Crippen molar-refractivity contribution in [2.75, 3.05) is 6.61 Å². The summed E-state index contributed by atoms with van der Waals surface area (Å²) in [5.74, 6) is 0.961. The number of ether oxygens (including phenoxy) is 1. The predicted molar refractivity (Wildman–Crippen MR) is 129 cm³/mol. The molecule has 0 bridgehead atoms. The Balaban J connectivity index is 1.56. The quantitative estimate of drug-likeness (QED) is 0.224. The van der Waals surface area contributed by atoms with Gasteiger partial charge in [-0.15, -0.1) is 0 Å². The van der Waals surface area contributed by atoms with Gasteiger partial charge in [0.25, 0.3) is 0 Å². The van der Waals surface area contributed by atoms with Crippen LogP contribution in [-0.4, -0.2) is 23.3 Å². The molecular weight excluding hydrogens is 400 g/mol. The number of phenols is 1. The summed E-state index contributed by atoms with van der Waals surface area (Å²) < 4.78 is 5.78. The zero-order chi connectivity index (χ0) is 22.8. The normalized spacial score (nSPS) is 17.8. The molecule has 0 heterocycles. The van der Waals surface area contributed by atoms with E-state index in [4.69, 9.17) is 4.74 Å². The number of nitrogens with one attached hydrogen (secondary N) is 1. The Labute approximate surface area is 191 Å². The van der Waals surface area contributed by atoms with Gasteiger partial charge in [0.2, 0.25) is 5.91 Å². The molecule has 1 fully saturated rings. The highest BCUT2D eigenvalue weighted by molar-refractivity contribution is 6.03. The third-order valence-corrected chi connectivity index (χ3v) is 5.94. The monoisotopic (exact) mass is 436 g/mol. The van der Waals surface area contributed by atoms with Crippen molar-refractivity contribution in [2.45, 2.75) is 71.1 Å². The summed E-state index contributed by atoms with van der Waals surface area (Å²) in [6, 6.07) is 15.4. The minimum absolute atomic E-state index is 0.0364. The third kappa shape index (κ3) is 6.84. The first-order valence-corrected chi connectivity index (χ1v) is 12.0. The van der Waals surface area contributed by atoms with E-state index in [1.54, 1.807) is 6.07 Å². The van der Waals surface area contributed by atoms with Crippen molar-refractivity contribution in [2.24, 2.45) is 11.0 Å². The van der Waals surface area contributed by atoms with E-state index in [-0.39, 0.29) is 23.5 Å². The molecule has 0 saturated heterocycles. The van der Waals surface area contributed by atoms with Gasteiger partial charge in [0, 0.05) is 17.5 Å². The topological polar surface area (TPSA) is 70.9 Å². The van der Waals surface area contributed by atoms with Gasteiger partial charge >= 0.3 is 0 Å². The van der Waals surface area contributed by atoms with Crippen molar-refractivity contribution < 1.29 is 14.6 Å². The number of hydrazone groups is 1. The van der Waals surface area contributed by atoms with Crippen molar-refractivity contribution in [3.05, 3.63) is 59.7 Å². The Bertz CT molecular complexity index is 895. The number of benzene rings is 2. The van der Waals surface area contributed by atoms with E-state index in [2.05, 4.69) is 36.5 Å². The van der Waals surface area contributed by atoms with Crippen LogP contribution in [0.5, 0.6) is 11.5 Å². The van der Waals surface area contributed by atoms with Crippen LogP contribution in [0, 0.1) is 5.92 Å². The van der Waals surface area contributed by atoms with E-state index in [1.807, 2.05) is 30.3 Å². The second kappa shape index (κ2) is 12.3. The molecule has 2 aromatic rings. The first-order chi connectivity index (χ1) is 15.6. The van der Waals surface area contributed by atoms with E-state index >= 15 is 0 Å². The number of rotatable bonds is 13. The van der Waals surface area contributed by atoms with E-state index in [0.717, 1.165) is 25.7 Å². The Morgan fingerprint density at radius 1 is 1.06 bits per heavy atom. The Morgan fingerprint density at radius 3 is 2.56 bits per heavy atom. The van der Waals surface area contributed by atoms with Crippen LogP contribution in [0.4, 0.5) is 0 Å². The van der Waals surface area contributed by atoms with Gasteiger partial charge in [0.15, 0.2) is 0 Å². The molecule has 2 atom stereocenters. The van der Waals surface area contributed by atoms with Crippen molar-refractivity contribution in [1.29, 1.82) is 0 Å². The highest BCUT2D eigenvalue weighted by atomic mass is 16.5. The fraction of sp³-hybridized carbons (Fsp3) is 0.481. The van der Waals surface area contributed by atoms with E-state index in [1.165, 1.54) is 24.8 Å². The van der Waals surface area contributed by atoms with E-state index in [9.17, 15) is 9.90 Å². The number of hydrogen-bond donors (Lipinski definition) is 2. The molecule has 1 amide bonds. The number of carbonyl (C=O) groups excluding carboxylic acids is 1.